The maximum absolute atomic E-state index is 12.6. The van der Waals surface area contributed by atoms with Crippen LogP contribution in [0.4, 0.5) is 5.69 Å². The van der Waals surface area contributed by atoms with Crippen LogP contribution in [0.1, 0.15) is 13.3 Å². The molecule has 2 aliphatic rings. The molecule has 0 saturated carbocycles. The van der Waals surface area contributed by atoms with Crippen molar-refractivity contribution in [1.29, 1.82) is 0 Å². The molecular formula is C15H14BrNO3S. The van der Waals surface area contributed by atoms with Crippen molar-refractivity contribution in [3.05, 3.63) is 33.3 Å². The lowest BCUT2D eigenvalue weighted by Gasteiger charge is -2.33. The summed E-state index contributed by atoms with van der Waals surface area (Å²) in [4.78, 5) is 26.1. The van der Waals surface area contributed by atoms with Crippen LogP contribution in [0.3, 0.4) is 0 Å². The number of ketones is 1. The van der Waals surface area contributed by atoms with Gasteiger partial charge >= 0.3 is 5.97 Å². The molecule has 6 heteroatoms. The summed E-state index contributed by atoms with van der Waals surface area (Å²) >= 11 is 4.86. The molecule has 4 nitrogen and oxygen atoms in total. The highest BCUT2D eigenvalue weighted by Crippen LogP contribution is 2.47. The normalized spacial score (nSPS) is 24.0. The molecule has 1 aliphatic heterocycles. The van der Waals surface area contributed by atoms with E-state index >= 15 is 0 Å². The van der Waals surface area contributed by atoms with E-state index in [1.165, 1.54) is 18.9 Å². The maximum atomic E-state index is 12.6. The first kappa shape index (κ1) is 14.7. The molecule has 1 aliphatic carbocycles. The molecule has 1 N–H and O–H groups in total. The lowest BCUT2D eigenvalue weighted by molar-refractivity contribution is -0.150. The van der Waals surface area contributed by atoms with Gasteiger partial charge in [0.2, 0.25) is 0 Å². The summed E-state index contributed by atoms with van der Waals surface area (Å²) in [5.74, 6) is -1.34. The van der Waals surface area contributed by atoms with Gasteiger partial charge in [-0.25, -0.2) is 0 Å². The third kappa shape index (κ3) is 2.51. The Morgan fingerprint density at radius 2 is 2.24 bits per heavy atom. The van der Waals surface area contributed by atoms with E-state index in [4.69, 9.17) is 4.74 Å². The standard InChI is InChI=1S/C15H14BrNO3S/c1-7-5-10-14(13(18)12(7)15(19)20-2)21-11-6-8(16)3-4-9(11)17-10/h3-4,6-7,12,17H,5H2,1-2H3. The van der Waals surface area contributed by atoms with Crippen molar-refractivity contribution in [2.24, 2.45) is 11.8 Å². The average molecular weight is 368 g/mol. The predicted octanol–water partition coefficient (Wildman–Crippen LogP) is 3.58. The first-order valence-electron chi connectivity index (χ1n) is 6.61. The van der Waals surface area contributed by atoms with Gasteiger partial charge in [0.25, 0.3) is 0 Å². The van der Waals surface area contributed by atoms with Gasteiger partial charge in [-0.2, -0.15) is 0 Å². The van der Waals surface area contributed by atoms with Crippen LogP contribution in [0.5, 0.6) is 0 Å². The van der Waals surface area contributed by atoms with E-state index in [0.717, 1.165) is 20.8 Å². The molecule has 0 fully saturated rings. The second-order valence-electron chi connectivity index (χ2n) is 5.22. The third-order valence-corrected chi connectivity index (χ3v) is 5.47. The van der Waals surface area contributed by atoms with Crippen molar-refractivity contribution in [3.63, 3.8) is 0 Å². The van der Waals surface area contributed by atoms with Gasteiger partial charge in [0.05, 0.1) is 17.7 Å². The van der Waals surface area contributed by atoms with Crippen LogP contribution in [0.2, 0.25) is 0 Å². The minimum Gasteiger partial charge on any atom is -0.468 e. The number of fused-ring (bicyclic) bond motifs is 1. The number of rotatable bonds is 1. The number of hydrogen-bond acceptors (Lipinski definition) is 5. The number of benzene rings is 1. The van der Waals surface area contributed by atoms with E-state index in [9.17, 15) is 9.59 Å². The Morgan fingerprint density at radius 3 is 2.95 bits per heavy atom. The summed E-state index contributed by atoms with van der Waals surface area (Å²) in [5, 5.41) is 3.33. The number of anilines is 1. The van der Waals surface area contributed by atoms with Gasteiger partial charge in [0, 0.05) is 15.1 Å². The van der Waals surface area contributed by atoms with Gasteiger partial charge in [-0.15, -0.1) is 0 Å². The SMILES string of the molecule is COC(=O)C1C(=O)C2=C(CC1C)Nc1ccc(Br)cc1S2. The zero-order valence-electron chi connectivity index (χ0n) is 11.6. The highest BCUT2D eigenvalue weighted by molar-refractivity contribution is 9.10. The number of methoxy groups -OCH3 is 1. The van der Waals surface area contributed by atoms with Crippen LogP contribution >= 0.6 is 27.7 Å². The minimum absolute atomic E-state index is 0.0613. The van der Waals surface area contributed by atoms with Crippen molar-refractivity contribution < 1.29 is 14.3 Å². The molecule has 1 aromatic carbocycles. The lowest BCUT2D eigenvalue weighted by Crippen LogP contribution is -2.37. The molecule has 1 aromatic rings. The van der Waals surface area contributed by atoms with Gasteiger partial charge in [0.1, 0.15) is 5.92 Å². The fraction of sp³-hybridized carbons (Fsp3) is 0.333. The molecule has 0 aromatic heterocycles. The van der Waals surface area contributed by atoms with Gasteiger partial charge in [-0.3, -0.25) is 9.59 Å². The quantitative estimate of drug-likeness (QED) is 0.607. The lowest BCUT2D eigenvalue weighted by atomic mass is 9.81. The van der Waals surface area contributed by atoms with Gasteiger partial charge in [-0.1, -0.05) is 34.6 Å². The van der Waals surface area contributed by atoms with Crippen molar-refractivity contribution >= 4 is 45.1 Å². The van der Waals surface area contributed by atoms with Crippen LogP contribution in [0.15, 0.2) is 38.2 Å². The summed E-state index contributed by atoms with van der Waals surface area (Å²) in [5.41, 5.74) is 1.91. The van der Waals surface area contributed by atoms with E-state index < -0.39 is 11.9 Å². The molecule has 2 atom stereocenters. The van der Waals surface area contributed by atoms with Gasteiger partial charge in [0.15, 0.2) is 5.78 Å². The van der Waals surface area contributed by atoms with Crippen molar-refractivity contribution in [3.8, 4) is 0 Å². The zero-order valence-corrected chi connectivity index (χ0v) is 14.0. The van der Waals surface area contributed by atoms with Gasteiger partial charge < -0.3 is 10.1 Å². The van der Waals surface area contributed by atoms with Crippen LogP contribution in [0, 0.1) is 11.8 Å². The van der Waals surface area contributed by atoms with E-state index in [2.05, 4.69) is 21.2 Å². The molecule has 0 radical (unpaired) electrons. The Kier molecular flexibility index (Phi) is 3.84. The van der Waals surface area contributed by atoms with E-state index in [-0.39, 0.29) is 11.7 Å². The number of esters is 1. The highest BCUT2D eigenvalue weighted by Gasteiger charge is 2.42. The number of Topliss-reactive ketones (excluding diaryl/α,β-unsaturated/α-hetero) is 1. The fourth-order valence-electron chi connectivity index (χ4n) is 2.72. The Bertz CT molecular complexity index is 671. The largest absolute Gasteiger partial charge is 0.468 e. The molecule has 110 valence electrons. The molecule has 0 spiro atoms. The summed E-state index contributed by atoms with van der Waals surface area (Å²) < 4.78 is 5.74. The molecule has 0 saturated heterocycles. The summed E-state index contributed by atoms with van der Waals surface area (Å²) in [7, 11) is 1.32. The summed E-state index contributed by atoms with van der Waals surface area (Å²) in [6, 6.07) is 5.91. The number of ether oxygens (including phenoxy) is 1. The summed E-state index contributed by atoms with van der Waals surface area (Å²) in [6.07, 6.45) is 0.670. The van der Waals surface area contributed by atoms with Crippen LogP contribution in [-0.2, 0) is 14.3 Å². The summed E-state index contributed by atoms with van der Waals surface area (Å²) in [6.45, 7) is 1.91. The number of nitrogens with one attached hydrogen (secondary N) is 1. The molecule has 0 amide bonds. The molecule has 21 heavy (non-hydrogen) atoms. The number of thioether (sulfide) groups is 1. The predicted molar refractivity (Wildman–Crippen MR) is 84.9 cm³/mol. The topological polar surface area (TPSA) is 55.4 Å². The van der Waals surface area contributed by atoms with Crippen molar-refractivity contribution in [2.45, 2.75) is 18.2 Å². The second-order valence-corrected chi connectivity index (χ2v) is 7.19. The molecule has 0 bridgehead atoms. The third-order valence-electron chi connectivity index (χ3n) is 3.77. The number of allylic oxidation sites excluding steroid dienone is 2. The van der Waals surface area contributed by atoms with Gasteiger partial charge in [-0.05, 0) is 30.5 Å². The maximum Gasteiger partial charge on any atom is 0.316 e. The Labute approximate surface area is 135 Å². The monoisotopic (exact) mass is 367 g/mol. The number of carbonyl (C=O) groups excluding carboxylic acids is 2. The van der Waals surface area contributed by atoms with Crippen LogP contribution < -0.4 is 5.32 Å². The Balaban J connectivity index is 1.97. The van der Waals surface area contributed by atoms with E-state index in [1.807, 2.05) is 25.1 Å². The van der Waals surface area contributed by atoms with E-state index in [0.29, 0.717) is 11.3 Å². The average Bonchev–Trinajstić information content (AvgIpc) is 2.45. The van der Waals surface area contributed by atoms with Crippen LogP contribution in [0.25, 0.3) is 0 Å². The van der Waals surface area contributed by atoms with Crippen LogP contribution in [-0.4, -0.2) is 18.9 Å². The van der Waals surface area contributed by atoms with Crippen molar-refractivity contribution in [1.82, 2.24) is 0 Å². The fourth-order valence-corrected chi connectivity index (χ4v) is 4.36. The number of carbonyl (C=O) groups is 2. The minimum atomic E-state index is -0.697. The number of hydrogen-bond donors (Lipinski definition) is 1. The smallest absolute Gasteiger partial charge is 0.316 e. The van der Waals surface area contributed by atoms with Crippen molar-refractivity contribution in [2.75, 3.05) is 12.4 Å². The highest BCUT2D eigenvalue weighted by atomic mass is 79.9. The van der Waals surface area contributed by atoms with E-state index in [1.54, 1.807) is 0 Å². The Hall–Kier alpha value is -1.27. The molecule has 2 unspecified atom stereocenters. The Morgan fingerprint density at radius 1 is 1.48 bits per heavy atom. The molecular weight excluding hydrogens is 354 g/mol. The second kappa shape index (κ2) is 5.50. The zero-order chi connectivity index (χ0) is 15.1. The number of halogens is 1. The first-order valence-corrected chi connectivity index (χ1v) is 8.22. The first-order chi connectivity index (χ1) is 10.0. The molecule has 1 heterocycles. The molecule has 3 rings (SSSR count).